The van der Waals surface area contributed by atoms with Gasteiger partial charge in [-0.05, 0) is 36.4 Å². The molecule has 0 unspecified atom stereocenters. The Morgan fingerprint density at radius 1 is 1.18 bits per heavy atom. The molecule has 1 amide bonds. The number of hydrogen-bond donors (Lipinski definition) is 2. The topological polar surface area (TPSA) is 133 Å². The van der Waals surface area contributed by atoms with Crippen LogP contribution in [0.3, 0.4) is 0 Å². The number of nitrogens with one attached hydrogen (secondary N) is 1. The van der Waals surface area contributed by atoms with E-state index in [1.807, 2.05) is 0 Å². The molecule has 39 heavy (non-hydrogen) atoms. The van der Waals surface area contributed by atoms with Gasteiger partial charge in [-0.2, -0.15) is 24.9 Å². The van der Waals surface area contributed by atoms with Crippen LogP contribution < -0.4 is 11.0 Å². The lowest BCUT2D eigenvalue weighted by Crippen LogP contribution is -2.37. The van der Waals surface area contributed by atoms with Crippen LogP contribution in [0.4, 0.5) is 18.9 Å². The number of hydrogen-bond acceptors (Lipinski definition) is 8. The number of aromatic nitrogens is 7. The minimum absolute atomic E-state index is 0.0814. The zero-order valence-corrected chi connectivity index (χ0v) is 21.5. The van der Waals surface area contributed by atoms with E-state index < -0.39 is 24.5 Å². The van der Waals surface area contributed by atoms with E-state index >= 15 is 0 Å². The average Bonchev–Trinajstić information content (AvgIpc) is 3.44. The molecule has 1 fully saturated rings. The van der Waals surface area contributed by atoms with Gasteiger partial charge < -0.3 is 10.4 Å². The molecule has 1 saturated heterocycles. The second kappa shape index (κ2) is 10.8. The van der Waals surface area contributed by atoms with E-state index in [1.54, 1.807) is 23.9 Å². The second-order valence-electron chi connectivity index (χ2n) is 8.64. The third-order valence-corrected chi connectivity index (χ3v) is 7.39. The minimum atomic E-state index is -4.94. The zero-order chi connectivity index (χ0) is 27.7. The number of aliphatic hydroxyl groups is 1. The highest BCUT2D eigenvalue weighted by Gasteiger charge is 2.39. The van der Waals surface area contributed by atoms with Gasteiger partial charge in [0.25, 0.3) is 0 Å². The average molecular weight is 581 g/mol. The van der Waals surface area contributed by atoms with Gasteiger partial charge in [-0.15, -0.1) is 10.2 Å². The molecule has 4 heterocycles. The summed E-state index contributed by atoms with van der Waals surface area (Å²) in [6.45, 7) is -1.34. The predicted octanol–water partition coefficient (Wildman–Crippen LogP) is 2.61. The first-order valence-electron chi connectivity index (χ1n) is 11.5. The summed E-state index contributed by atoms with van der Waals surface area (Å²) in [6.07, 6.45) is -4.87. The summed E-state index contributed by atoms with van der Waals surface area (Å²) in [5.41, 5.74) is -0.158. The van der Waals surface area contributed by atoms with Crippen LogP contribution in [0.25, 0.3) is 17.2 Å². The van der Waals surface area contributed by atoms with Crippen molar-refractivity contribution in [2.24, 2.45) is 5.92 Å². The number of halogens is 4. The number of alkyl halides is 3. The molecule has 204 valence electrons. The van der Waals surface area contributed by atoms with Gasteiger partial charge in [-0.3, -0.25) is 9.36 Å². The van der Waals surface area contributed by atoms with Crippen LogP contribution in [0.15, 0.2) is 53.7 Å². The third kappa shape index (κ3) is 5.84. The summed E-state index contributed by atoms with van der Waals surface area (Å²) in [7, 11) is 0. The van der Waals surface area contributed by atoms with Crippen molar-refractivity contribution in [2.45, 2.75) is 25.4 Å². The minimum Gasteiger partial charge on any atom is -0.382 e. The van der Waals surface area contributed by atoms with Gasteiger partial charge >= 0.3 is 11.9 Å². The molecule has 1 aliphatic heterocycles. The smallest absolute Gasteiger partial charge is 0.382 e. The summed E-state index contributed by atoms with van der Waals surface area (Å²) < 4.78 is 42.2. The Balaban J connectivity index is 1.43. The molecule has 1 aromatic carbocycles. The molecule has 16 heteroatoms. The van der Waals surface area contributed by atoms with E-state index in [9.17, 15) is 27.9 Å². The third-order valence-electron chi connectivity index (χ3n) is 5.86. The molecule has 3 aromatic heterocycles. The summed E-state index contributed by atoms with van der Waals surface area (Å²) >= 11 is 7.59. The van der Waals surface area contributed by atoms with Gasteiger partial charge in [0.2, 0.25) is 5.91 Å². The fourth-order valence-corrected chi connectivity index (χ4v) is 4.60. The van der Waals surface area contributed by atoms with Crippen LogP contribution in [-0.4, -0.2) is 68.9 Å². The number of nitrogens with zero attached hydrogens (tertiary/aromatic N) is 7. The van der Waals surface area contributed by atoms with Crippen molar-refractivity contribution in [1.29, 1.82) is 0 Å². The summed E-state index contributed by atoms with van der Waals surface area (Å²) in [5.74, 6) is 1.59. The number of aliphatic hydroxyl groups excluding tert-OH is 1. The maximum absolute atomic E-state index is 13.1. The lowest BCUT2D eigenvalue weighted by Gasteiger charge is -2.23. The fraction of sp³-hybridized carbons (Fsp3) is 0.304. The van der Waals surface area contributed by atoms with Crippen molar-refractivity contribution in [2.75, 3.05) is 16.8 Å². The molecular weight excluding hydrogens is 561 g/mol. The maximum atomic E-state index is 13.1. The molecule has 5 rings (SSSR count). The quantitative estimate of drug-likeness (QED) is 0.325. The standard InChI is InChI=1S/C23H20ClF3N8O3S/c24-15-5-3-13(4-6-15)19-32-34(22(38)33(19)8-17(36)23(25,26)27)9-18-29-12-35(31-18)20-16(2-1-7-28-20)30-21(37)14-10-39-11-14/h1-7,12,14,17,36H,8-11H2,(H,30,37)/t17-/m0/s1. The Bertz CT molecular complexity index is 1550. The number of amides is 1. The molecule has 2 N–H and O–H groups in total. The number of anilines is 1. The molecule has 0 radical (unpaired) electrons. The number of rotatable bonds is 8. The normalized spacial score (nSPS) is 14.7. The summed E-state index contributed by atoms with van der Waals surface area (Å²) in [6, 6.07) is 9.33. The van der Waals surface area contributed by atoms with Crippen molar-refractivity contribution in [1.82, 2.24) is 34.1 Å². The Hall–Kier alpha value is -3.69. The van der Waals surface area contributed by atoms with E-state index in [-0.39, 0.29) is 30.0 Å². The first-order chi connectivity index (χ1) is 18.6. The Kier molecular flexibility index (Phi) is 7.46. The highest BCUT2D eigenvalue weighted by molar-refractivity contribution is 8.00. The lowest BCUT2D eigenvalue weighted by atomic mass is 10.2. The fourth-order valence-electron chi connectivity index (χ4n) is 3.70. The van der Waals surface area contributed by atoms with E-state index in [4.69, 9.17) is 11.6 Å². The highest BCUT2D eigenvalue weighted by atomic mass is 35.5. The molecule has 0 aliphatic carbocycles. The summed E-state index contributed by atoms with van der Waals surface area (Å²) in [4.78, 5) is 34.0. The van der Waals surface area contributed by atoms with Gasteiger partial charge in [0.05, 0.1) is 18.2 Å². The van der Waals surface area contributed by atoms with E-state index in [2.05, 4.69) is 25.5 Å². The first-order valence-corrected chi connectivity index (χ1v) is 13.1. The zero-order valence-electron chi connectivity index (χ0n) is 19.9. The largest absolute Gasteiger partial charge is 0.416 e. The van der Waals surface area contributed by atoms with E-state index in [0.717, 1.165) is 20.8 Å². The predicted molar refractivity (Wildman–Crippen MR) is 137 cm³/mol. The molecule has 0 saturated carbocycles. The van der Waals surface area contributed by atoms with Crippen LogP contribution in [0.1, 0.15) is 5.82 Å². The number of pyridine rings is 1. The number of benzene rings is 1. The van der Waals surface area contributed by atoms with Crippen LogP contribution in [0.5, 0.6) is 0 Å². The van der Waals surface area contributed by atoms with Crippen molar-refractivity contribution in [3.63, 3.8) is 0 Å². The molecule has 1 atom stereocenters. The van der Waals surface area contributed by atoms with Crippen LogP contribution in [0, 0.1) is 5.92 Å². The lowest BCUT2D eigenvalue weighted by molar-refractivity contribution is -0.207. The monoisotopic (exact) mass is 580 g/mol. The number of thioether (sulfide) groups is 1. The molecular formula is C23H20ClF3N8O3S. The summed E-state index contributed by atoms with van der Waals surface area (Å²) in [5, 5.41) is 21.4. The molecule has 11 nitrogen and oxygen atoms in total. The van der Waals surface area contributed by atoms with Crippen molar-refractivity contribution < 1.29 is 23.1 Å². The van der Waals surface area contributed by atoms with E-state index in [0.29, 0.717) is 22.1 Å². The number of carbonyl (C=O) groups excluding carboxylic acids is 1. The highest BCUT2D eigenvalue weighted by Crippen LogP contribution is 2.27. The molecule has 0 spiro atoms. The molecule has 1 aliphatic rings. The van der Waals surface area contributed by atoms with Gasteiger partial charge in [0, 0.05) is 28.3 Å². The van der Waals surface area contributed by atoms with Crippen LogP contribution in [-0.2, 0) is 17.9 Å². The van der Waals surface area contributed by atoms with Gasteiger partial charge in [-0.25, -0.2) is 24.1 Å². The van der Waals surface area contributed by atoms with Crippen LogP contribution >= 0.6 is 23.4 Å². The first kappa shape index (κ1) is 26.9. The Morgan fingerprint density at radius 3 is 2.59 bits per heavy atom. The van der Waals surface area contributed by atoms with Crippen molar-refractivity contribution in [3.05, 3.63) is 70.3 Å². The number of carbonyl (C=O) groups is 1. The van der Waals surface area contributed by atoms with Crippen molar-refractivity contribution >= 4 is 35.0 Å². The Labute approximate surface area is 227 Å². The van der Waals surface area contributed by atoms with E-state index in [1.165, 1.54) is 41.5 Å². The second-order valence-corrected chi connectivity index (χ2v) is 10.2. The molecule has 0 bridgehead atoms. The SMILES string of the molecule is O=C(Nc1cccnc1-n1cnc(Cn2nc(-c3ccc(Cl)cc3)n(C[C@H](O)C(F)(F)F)c2=O)n1)C1CSC1. The van der Waals surface area contributed by atoms with Gasteiger partial charge in [-0.1, -0.05) is 11.6 Å². The molecule has 4 aromatic rings. The van der Waals surface area contributed by atoms with Crippen LogP contribution in [0.2, 0.25) is 5.02 Å². The Morgan fingerprint density at radius 2 is 1.92 bits per heavy atom. The maximum Gasteiger partial charge on any atom is 0.416 e. The van der Waals surface area contributed by atoms with Gasteiger partial charge in [0.15, 0.2) is 23.6 Å². The van der Waals surface area contributed by atoms with Gasteiger partial charge in [0.1, 0.15) is 12.9 Å². The van der Waals surface area contributed by atoms with Crippen molar-refractivity contribution in [3.8, 4) is 17.2 Å².